The lowest BCUT2D eigenvalue weighted by atomic mass is 9.78. The largest absolute Gasteiger partial charge is 0.481 e. The van der Waals surface area contributed by atoms with Crippen LogP contribution < -0.4 is 0 Å². The fraction of sp³-hybridized carbons (Fsp3) is 0.818. The zero-order valence-electron chi connectivity index (χ0n) is 10.8. The molecule has 0 aromatic carbocycles. The van der Waals surface area contributed by atoms with Gasteiger partial charge in [-0.25, -0.2) is 0 Å². The van der Waals surface area contributed by atoms with Crippen molar-refractivity contribution in [2.24, 2.45) is 5.41 Å². The Bertz CT molecular complexity index is 279. The van der Waals surface area contributed by atoms with E-state index in [1.165, 1.54) is 14.2 Å². The highest BCUT2D eigenvalue weighted by atomic mass is 16.7. The number of carboxylic acids is 2. The number of hydrogen-bond acceptors (Lipinski definition) is 5. The number of carbonyl (C=O) groups is 2. The van der Waals surface area contributed by atoms with Crippen LogP contribution in [0, 0.1) is 5.41 Å². The van der Waals surface area contributed by atoms with E-state index in [9.17, 15) is 14.7 Å². The van der Waals surface area contributed by atoms with Gasteiger partial charge in [0.1, 0.15) is 12.2 Å². The van der Waals surface area contributed by atoms with Gasteiger partial charge in [-0.15, -0.1) is 0 Å². The van der Waals surface area contributed by atoms with Crippen molar-refractivity contribution in [3.63, 3.8) is 0 Å². The summed E-state index contributed by atoms with van der Waals surface area (Å²) in [5, 5.41) is 18.2. The second kappa shape index (κ2) is 8.02. The predicted octanol–water partition coefficient (Wildman–Crippen LogP) is 0.578. The Morgan fingerprint density at radius 3 is 2.17 bits per heavy atom. The first-order valence-corrected chi connectivity index (χ1v) is 5.49. The Balaban J connectivity index is 5.15. The summed E-state index contributed by atoms with van der Waals surface area (Å²) in [6.45, 7) is 1.36. The van der Waals surface area contributed by atoms with Crippen molar-refractivity contribution >= 4 is 11.9 Å². The Kier molecular flexibility index (Phi) is 7.49. The third-order valence-electron chi connectivity index (χ3n) is 2.82. The highest BCUT2D eigenvalue weighted by molar-refractivity contribution is 5.77. The Morgan fingerprint density at radius 1 is 1.22 bits per heavy atom. The molecule has 7 nitrogen and oxygen atoms in total. The van der Waals surface area contributed by atoms with Crippen molar-refractivity contribution in [2.75, 3.05) is 27.6 Å². The molecule has 0 aromatic rings. The zero-order chi connectivity index (χ0) is 14.2. The van der Waals surface area contributed by atoms with E-state index in [-0.39, 0.29) is 19.8 Å². The average molecular weight is 264 g/mol. The van der Waals surface area contributed by atoms with Gasteiger partial charge in [0, 0.05) is 14.2 Å². The molecule has 2 atom stereocenters. The lowest BCUT2D eigenvalue weighted by Gasteiger charge is -2.34. The second-order valence-corrected chi connectivity index (χ2v) is 3.91. The molecular weight excluding hydrogens is 244 g/mol. The van der Waals surface area contributed by atoms with Crippen LogP contribution in [0.5, 0.6) is 0 Å². The molecule has 0 amide bonds. The third kappa shape index (κ3) is 4.25. The number of carboxylic acid groups (broad SMARTS) is 2. The average Bonchev–Trinajstić information content (AvgIpc) is 2.30. The summed E-state index contributed by atoms with van der Waals surface area (Å²) in [7, 11) is 2.74. The maximum atomic E-state index is 11.4. The molecule has 0 saturated heterocycles. The van der Waals surface area contributed by atoms with E-state index in [4.69, 9.17) is 19.3 Å². The molecule has 0 radical (unpaired) electrons. The monoisotopic (exact) mass is 264 g/mol. The van der Waals surface area contributed by atoms with Crippen molar-refractivity contribution in [1.82, 2.24) is 0 Å². The quantitative estimate of drug-likeness (QED) is 0.556. The van der Waals surface area contributed by atoms with Crippen molar-refractivity contribution in [2.45, 2.75) is 25.9 Å². The lowest BCUT2D eigenvalue weighted by molar-refractivity contribution is -0.181. The summed E-state index contributed by atoms with van der Waals surface area (Å²) in [6, 6.07) is 0. The summed E-state index contributed by atoms with van der Waals surface area (Å²) >= 11 is 0. The van der Waals surface area contributed by atoms with Crippen LogP contribution in [0.1, 0.15) is 19.8 Å². The van der Waals surface area contributed by atoms with Crippen LogP contribution in [0.3, 0.4) is 0 Å². The summed E-state index contributed by atoms with van der Waals surface area (Å²) in [6.07, 6.45) is -1.25. The van der Waals surface area contributed by atoms with Gasteiger partial charge in [0.15, 0.2) is 0 Å². The maximum absolute atomic E-state index is 11.4. The van der Waals surface area contributed by atoms with Gasteiger partial charge in [0.05, 0.1) is 19.1 Å². The van der Waals surface area contributed by atoms with E-state index in [0.29, 0.717) is 0 Å². The molecule has 0 aliphatic rings. The number of methoxy groups -OCH3 is 2. The molecule has 0 rings (SSSR count). The third-order valence-corrected chi connectivity index (χ3v) is 2.82. The van der Waals surface area contributed by atoms with Gasteiger partial charge in [-0.3, -0.25) is 9.59 Å². The smallest absolute Gasteiger partial charge is 0.314 e. The van der Waals surface area contributed by atoms with Crippen LogP contribution in [-0.2, 0) is 23.8 Å². The molecular formula is C11H20O7. The van der Waals surface area contributed by atoms with Gasteiger partial charge < -0.3 is 24.4 Å². The summed E-state index contributed by atoms with van der Waals surface area (Å²) < 4.78 is 14.8. The van der Waals surface area contributed by atoms with E-state index in [1.54, 1.807) is 6.92 Å². The lowest BCUT2D eigenvalue weighted by Crippen LogP contribution is -2.48. The number of aliphatic carboxylic acids is 2. The highest BCUT2D eigenvalue weighted by Gasteiger charge is 2.46. The summed E-state index contributed by atoms with van der Waals surface area (Å²) in [5.41, 5.74) is -1.40. The first kappa shape index (κ1) is 16.8. The Labute approximate surface area is 106 Å². The van der Waals surface area contributed by atoms with E-state index in [2.05, 4.69) is 0 Å². The van der Waals surface area contributed by atoms with Crippen molar-refractivity contribution in [3.8, 4) is 0 Å². The molecule has 0 saturated carbocycles. The van der Waals surface area contributed by atoms with Gasteiger partial charge in [-0.1, -0.05) is 6.92 Å². The minimum atomic E-state index is -1.40. The van der Waals surface area contributed by atoms with Crippen LogP contribution >= 0.6 is 0 Å². The summed E-state index contributed by atoms with van der Waals surface area (Å²) in [5.74, 6) is -2.28. The first-order chi connectivity index (χ1) is 8.44. The number of ether oxygens (including phenoxy) is 3. The van der Waals surface area contributed by atoms with Crippen molar-refractivity contribution < 1.29 is 34.0 Å². The predicted molar refractivity (Wildman–Crippen MR) is 61.2 cm³/mol. The molecule has 0 bridgehead atoms. The Hall–Kier alpha value is -1.18. The Morgan fingerprint density at radius 2 is 1.83 bits per heavy atom. The van der Waals surface area contributed by atoms with Crippen LogP contribution in [0.2, 0.25) is 0 Å². The molecule has 0 aliphatic heterocycles. The standard InChI is InChI=1S/C11H20O7/c1-4-11(6-16-2,10(14)15)8(5-9(12)13)18-7-17-3/h8H,4-7H2,1-3H3,(H,12,13)(H,14,15)/t8-,11?/m1/s1. The molecule has 7 heteroatoms. The van der Waals surface area contributed by atoms with Crippen molar-refractivity contribution in [1.29, 1.82) is 0 Å². The molecule has 106 valence electrons. The molecule has 0 spiro atoms. The van der Waals surface area contributed by atoms with E-state index < -0.39 is 29.9 Å². The van der Waals surface area contributed by atoms with Gasteiger partial charge in [-0.2, -0.15) is 0 Å². The van der Waals surface area contributed by atoms with Gasteiger partial charge >= 0.3 is 11.9 Å². The molecule has 0 aromatic heterocycles. The van der Waals surface area contributed by atoms with Crippen LogP contribution in [-0.4, -0.2) is 55.9 Å². The normalized spacial score (nSPS) is 15.9. The minimum absolute atomic E-state index is 0.125. The van der Waals surface area contributed by atoms with E-state index in [0.717, 1.165) is 0 Å². The molecule has 18 heavy (non-hydrogen) atoms. The van der Waals surface area contributed by atoms with Gasteiger partial charge in [-0.05, 0) is 6.42 Å². The molecule has 2 N–H and O–H groups in total. The SMILES string of the molecule is CCC(COC)(C(=O)O)[C@@H](CC(=O)O)OCOC. The maximum Gasteiger partial charge on any atom is 0.314 e. The van der Waals surface area contributed by atoms with Gasteiger partial charge in [0.2, 0.25) is 0 Å². The number of rotatable bonds is 10. The number of hydrogen-bond donors (Lipinski definition) is 2. The zero-order valence-corrected chi connectivity index (χ0v) is 10.8. The highest BCUT2D eigenvalue weighted by Crippen LogP contribution is 2.32. The second-order valence-electron chi connectivity index (χ2n) is 3.91. The fourth-order valence-corrected chi connectivity index (χ4v) is 1.75. The molecule has 1 unspecified atom stereocenters. The molecule has 0 heterocycles. The van der Waals surface area contributed by atoms with Gasteiger partial charge in [0.25, 0.3) is 0 Å². The molecule has 0 fully saturated rings. The summed E-state index contributed by atoms with van der Waals surface area (Å²) in [4.78, 5) is 22.2. The van der Waals surface area contributed by atoms with Crippen LogP contribution in [0.15, 0.2) is 0 Å². The van der Waals surface area contributed by atoms with E-state index >= 15 is 0 Å². The van der Waals surface area contributed by atoms with Crippen LogP contribution in [0.25, 0.3) is 0 Å². The molecule has 0 aliphatic carbocycles. The van der Waals surface area contributed by atoms with Crippen LogP contribution in [0.4, 0.5) is 0 Å². The fourth-order valence-electron chi connectivity index (χ4n) is 1.75. The van der Waals surface area contributed by atoms with Crippen molar-refractivity contribution in [3.05, 3.63) is 0 Å². The first-order valence-electron chi connectivity index (χ1n) is 5.49. The topological polar surface area (TPSA) is 102 Å². The van der Waals surface area contributed by atoms with E-state index in [1.807, 2.05) is 0 Å². The minimum Gasteiger partial charge on any atom is -0.481 e.